The molecular weight excluding hydrogens is 358 g/mol. The number of likely N-dealkylation sites (N-methyl/N-ethyl adjacent to an activating group) is 1. The predicted molar refractivity (Wildman–Crippen MR) is 114 cm³/mol. The second kappa shape index (κ2) is 10.3. The van der Waals surface area contributed by atoms with Crippen LogP contribution >= 0.6 is 11.3 Å². The number of thiazole rings is 1. The first-order valence-corrected chi connectivity index (χ1v) is 9.94. The van der Waals surface area contributed by atoms with E-state index in [0.717, 1.165) is 41.9 Å². The predicted octanol–water partition coefficient (Wildman–Crippen LogP) is 2.78. The van der Waals surface area contributed by atoms with E-state index in [1.165, 1.54) is 10.4 Å². The number of benzene rings is 1. The third-order valence-electron chi connectivity index (χ3n) is 4.49. The van der Waals surface area contributed by atoms with Crippen LogP contribution in [0.2, 0.25) is 0 Å². The molecule has 0 bridgehead atoms. The third-order valence-corrected chi connectivity index (χ3v) is 5.63. The van der Waals surface area contributed by atoms with Gasteiger partial charge in [0.15, 0.2) is 5.96 Å². The van der Waals surface area contributed by atoms with Gasteiger partial charge >= 0.3 is 0 Å². The molecule has 6 nitrogen and oxygen atoms in total. The average molecular weight is 390 g/mol. The number of nitrogens with one attached hydrogen (secondary N) is 2. The standard InChI is InChI=1S/C20H31N5OS/c1-14-15(2)27-19(24-14)10-11-22-20(21-3)23-13-18(25(4)5)16-8-7-9-17(12-16)26-6/h7-9,12,18H,10-11,13H2,1-6H3,(H2,21,22,23). The lowest BCUT2D eigenvalue weighted by molar-refractivity contribution is 0.297. The first kappa shape index (κ1) is 21.2. The van der Waals surface area contributed by atoms with Crippen molar-refractivity contribution < 1.29 is 4.74 Å². The lowest BCUT2D eigenvalue weighted by atomic mass is 10.1. The Hall–Kier alpha value is -2.12. The van der Waals surface area contributed by atoms with E-state index < -0.39 is 0 Å². The fourth-order valence-electron chi connectivity index (χ4n) is 2.80. The largest absolute Gasteiger partial charge is 0.497 e. The Morgan fingerprint density at radius 3 is 2.67 bits per heavy atom. The summed E-state index contributed by atoms with van der Waals surface area (Å²) < 4.78 is 5.36. The molecule has 2 aromatic rings. The van der Waals surface area contributed by atoms with Gasteiger partial charge in [0.05, 0.1) is 23.9 Å². The van der Waals surface area contributed by atoms with Gasteiger partial charge in [0.1, 0.15) is 5.75 Å². The molecule has 0 aliphatic rings. The highest BCUT2D eigenvalue weighted by molar-refractivity contribution is 7.11. The van der Waals surface area contributed by atoms with Crippen LogP contribution in [-0.2, 0) is 6.42 Å². The van der Waals surface area contributed by atoms with Crippen LogP contribution in [0.4, 0.5) is 0 Å². The Balaban J connectivity index is 1.90. The molecule has 27 heavy (non-hydrogen) atoms. The molecule has 0 amide bonds. The van der Waals surface area contributed by atoms with Crippen molar-refractivity contribution in [3.05, 3.63) is 45.4 Å². The van der Waals surface area contributed by atoms with Gasteiger partial charge in [-0.15, -0.1) is 11.3 Å². The van der Waals surface area contributed by atoms with E-state index in [-0.39, 0.29) is 6.04 Å². The minimum Gasteiger partial charge on any atom is -0.497 e. The Morgan fingerprint density at radius 1 is 1.30 bits per heavy atom. The molecule has 0 aliphatic heterocycles. The summed E-state index contributed by atoms with van der Waals surface area (Å²) >= 11 is 1.77. The van der Waals surface area contributed by atoms with Crippen LogP contribution in [0, 0.1) is 13.8 Å². The molecule has 1 aromatic heterocycles. The summed E-state index contributed by atoms with van der Waals surface area (Å²) in [6.07, 6.45) is 0.896. The number of aromatic nitrogens is 1. The third kappa shape index (κ3) is 6.22. The van der Waals surface area contributed by atoms with Crippen LogP contribution in [0.5, 0.6) is 5.75 Å². The summed E-state index contributed by atoms with van der Waals surface area (Å²) in [4.78, 5) is 12.4. The van der Waals surface area contributed by atoms with E-state index in [2.05, 4.69) is 65.6 Å². The molecule has 0 saturated carbocycles. The molecule has 0 saturated heterocycles. The Bertz CT molecular complexity index is 737. The van der Waals surface area contributed by atoms with Gasteiger partial charge in [-0.1, -0.05) is 12.1 Å². The molecule has 1 atom stereocenters. The Labute approximate surface area is 166 Å². The maximum Gasteiger partial charge on any atom is 0.191 e. The summed E-state index contributed by atoms with van der Waals surface area (Å²) in [5, 5.41) is 7.97. The summed E-state index contributed by atoms with van der Waals surface area (Å²) in [5.74, 6) is 1.67. The number of hydrogen-bond donors (Lipinski definition) is 2. The molecular formula is C20H31N5OS. The van der Waals surface area contributed by atoms with Crippen molar-refractivity contribution in [2.24, 2.45) is 4.99 Å². The number of aliphatic imine (C=N–C) groups is 1. The molecule has 0 aliphatic carbocycles. The van der Waals surface area contributed by atoms with Gasteiger partial charge in [0.2, 0.25) is 0 Å². The number of methoxy groups -OCH3 is 1. The topological polar surface area (TPSA) is 61.8 Å². The van der Waals surface area contributed by atoms with Crippen molar-refractivity contribution in [1.29, 1.82) is 0 Å². The maximum absolute atomic E-state index is 5.36. The number of guanidine groups is 1. The van der Waals surface area contributed by atoms with E-state index in [1.807, 2.05) is 12.1 Å². The summed E-state index contributed by atoms with van der Waals surface area (Å²) in [5.41, 5.74) is 2.33. The van der Waals surface area contributed by atoms with E-state index in [1.54, 1.807) is 25.5 Å². The number of hydrogen-bond acceptors (Lipinski definition) is 5. The summed E-state index contributed by atoms with van der Waals surface area (Å²) in [7, 11) is 7.65. The molecule has 0 fully saturated rings. The first-order chi connectivity index (χ1) is 12.9. The van der Waals surface area contributed by atoms with Gasteiger partial charge in [-0.25, -0.2) is 4.98 Å². The highest BCUT2D eigenvalue weighted by atomic mass is 32.1. The van der Waals surface area contributed by atoms with Crippen LogP contribution in [0.15, 0.2) is 29.3 Å². The van der Waals surface area contributed by atoms with Gasteiger partial charge in [0, 0.05) is 31.4 Å². The zero-order chi connectivity index (χ0) is 19.8. The molecule has 1 heterocycles. The first-order valence-electron chi connectivity index (χ1n) is 9.12. The number of nitrogens with zero attached hydrogens (tertiary/aromatic N) is 3. The van der Waals surface area contributed by atoms with Crippen molar-refractivity contribution in [3.63, 3.8) is 0 Å². The normalized spacial score (nSPS) is 12.9. The van der Waals surface area contributed by atoms with Gasteiger partial charge in [0.25, 0.3) is 0 Å². The molecule has 7 heteroatoms. The van der Waals surface area contributed by atoms with Crippen molar-refractivity contribution in [3.8, 4) is 5.75 Å². The van der Waals surface area contributed by atoms with Crippen LogP contribution in [0.1, 0.15) is 27.2 Å². The van der Waals surface area contributed by atoms with Gasteiger partial charge < -0.3 is 20.3 Å². The van der Waals surface area contributed by atoms with Crippen molar-refractivity contribution in [2.75, 3.05) is 41.3 Å². The quantitative estimate of drug-likeness (QED) is 0.537. The SMILES string of the molecule is CN=C(NCCc1nc(C)c(C)s1)NCC(c1cccc(OC)c1)N(C)C. The van der Waals surface area contributed by atoms with Crippen LogP contribution in [0.3, 0.4) is 0 Å². The summed E-state index contributed by atoms with van der Waals surface area (Å²) in [6, 6.07) is 8.40. The van der Waals surface area contributed by atoms with Crippen LogP contribution in [0.25, 0.3) is 0 Å². The highest BCUT2D eigenvalue weighted by Gasteiger charge is 2.15. The van der Waals surface area contributed by atoms with Gasteiger partial charge in [-0.05, 0) is 45.6 Å². The fourth-order valence-corrected chi connectivity index (χ4v) is 3.73. The smallest absolute Gasteiger partial charge is 0.191 e. The molecule has 2 rings (SSSR count). The lowest BCUT2D eigenvalue weighted by Crippen LogP contribution is -2.42. The van der Waals surface area contributed by atoms with Crippen molar-refractivity contribution in [2.45, 2.75) is 26.3 Å². The molecule has 1 aromatic carbocycles. The van der Waals surface area contributed by atoms with E-state index in [9.17, 15) is 0 Å². The summed E-state index contributed by atoms with van der Waals surface area (Å²) in [6.45, 7) is 5.72. The minimum absolute atomic E-state index is 0.211. The Morgan fingerprint density at radius 2 is 2.07 bits per heavy atom. The molecule has 2 N–H and O–H groups in total. The van der Waals surface area contributed by atoms with Gasteiger partial charge in [-0.2, -0.15) is 0 Å². The highest BCUT2D eigenvalue weighted by Crippen LogP contribution is 2.22. The van der Waals surface area contributed by atoms with Crippen LogP contribution < -0.4 is 15.4 Å². The zero-order valence-electron chi connectivity index (χ0n) is 17.2. The van der Waals surface area contributed by atoms with E-state index in [4.69, 9.17) is 4.74 Å². The molecule has 1 unspecified atom stereocenters. The second-order valence-corrected chi connectivity index (χ2v) is 7.92. The van der Waals surface area contributed by atoms with Crippen molar-refractivity contribution in [1.82, 2.24) is 20.5 Å². The minimum atomic E-state index is 0.211. The van der Waals surface area contributed by atoms with Crippen LogP contribution in [-0.4, -0.2) is 57.2 Å². The average Bonchev–Trinajstić information content (AvgIpc) is 2.97. The number of ether oxygens (including phenoxy) is 1. The molecule has 0 radical (unpaired) electrons. The Kier molecular flexibility index (Phi) is 8.06. The fraction of sp³-hybridized carbons (Fsp3) is 0.500. The zero-order valence-corrected chi connectivity index (χ0v) is 18.0. The molecule has 0 spiro atoms. The lowest BCUT2D eigenvalue weighted by Gasteiger charge is -2.26. The second-order valence-electron chi connectivity index (χ2n) is 6.64. The monoisotopic (exact) mass is 389 g/mol. The van der Waals surface area contributed by atoms with Gasteiger partial charge in [-0.3, -0.25) is 4.99 Å². The van der Waals surface area contributed by atoms with Crippen molar-refractivity contribution >= 4 is 17.3 Å². The number of aryl methyl sites for hydroxylation is 2. The maximum atomic E-state index is 5.36. The number of rotatable bonds is 8. The molecule has 148 valence electrons. The van der Waals surface area contributed by atoms with E-state index >= 15 is 0 Å². The van der Waals surface area contributed by atoms with E-state index in [0.29, 0.717) is 0 Å².